The molecular formula is C16H23N3O. The molecule has 4 heteroatoms. The SMILES string of the molecule is CCN(CC)C(=O)C(C)NCc1ccc(C#N)cc1C. The van der Waals surface area contributed by atoms with E-state index >= 15 is 0 Å². The van der Waals surface area contributed by atoms with Crippen LogP contribution in [0.4, 0.5) is 0 Å². The smallest absolute Gasteiger partial charge is 0.239 e. The molecular weight excluding hydrogens is 250 g/mol. The molecule has 0 spiro atoms. The second kappa shape index (κ2) is 7.66. The van der Waals surface area contributed by atoms with Gasteiger partial charge in [-0.25, -0.2) is 0 Å². The lowest BCUT2D eigenvalue weighted by Gasteiger charge is -2.23. The molecule has 1 aromatic rings. The Hall–Kier alpha value is -1.86. The van der Waals surface area contributed by atoms with Crippen molar-refractivity contribution < 1.29 is 4.79 Å². The molecule has 1 aromatic carbocycles. The van der Waals surface area contributed by atoms with Gasteiger partial charge in [-0.3, -0.25) is 4.79 Å². The zero-order valence-electron chi connectivity index (χ0n) is 12.7. The molecule has 0 aliphatic carbocycles. The lowest BCUT2D eigenvalue weighted by Crippen LogP contribution is -2.44. The zero-order chi connectivity index (χ0) is 15.1. The predicted octanol–water partition coefficient (Wildman–Crippen LogP) is 2.21. The van der Waals surface area contributed by atoms with E-state index in [1.165, 1.54) is 0 Å². The molecule has 1 rings (SSSR count). The van der Waals surface area contributed by atoms with Gasteiger partial charge < -0.3 is 10.2 Å². The van der Waals surface area contributed by atoms with Gasteiger partial charge in [0.1, 0.15) is 0 Å². The first-order chi connectivity index (χ1) is 9.53. The van der Waals surface area contributed by atoms with E-state index in [1.54, 1.807) is 6.07 Å². The number of hydrogen-bond donors (Lipinski definition) is 1. The molecule has 0 saturated heterocycles. The van der Waals surface area contributed by atoms with Crippen LogP contribution in [0, 0.1) is 18.3 Å². The Kier molecular flexibility index (Phi) is 6.20. The second-order valence-corrected chi connectivity index (χ2v) is 4.87. The van der Waals surface area contributed by atoms with Crippen molar-refractivity contribution in [2.24, 2.45) is 0 Å². The molecule has 0 heterocycles. The minimum absolute atomic E-state index is 0.126. The normalized spacial score (nSPS) is 11.8. The largest absolute Gasteiger partial charge is 0.342 e. The summed E-state index contributed by atoms with van der Waals surface area (Å²) in [6.45, 7) is 9.94. The van der Waals surface area contributed by atoms with Crippen LogP contribution in [0.5, 0.6) is 0 Å². The first-order valence-electron chi connectivity index (χ1n) is 7.05. The van der Waals surface area contributed by atoms with Gasteiger partial charge in [0.25, 0.3) is 0 Å². The van der Waals surface area contributed by atoms with Crippen molar-refractivity contribution >= 4 is 5.91 Å². The van der Waals surface area contributed by atoms with E-state index < -0.39 is 0 Å². The number of nitriles is 1. The molecule has 0 aromatic heterocycles. The van der Waals surface area contributed by atoms with Gasteiger partial charge in [0.05, 0.1) is 17.7 Å². The third-order valence-corrected chi connectivity index (χ3v) is 3.52. The van der Waals surface area contributed by atoms with Crippen molar-refractivity contribution in [1.82, 2.24) is 10.2 Å². The number of carbonyl (C=O) groups is 1. The van der Waals surface area contributed by atoms with Gasteiger partial charge in [0.2, 0.25) is 5.91 Å². The van der Waals surface area contributed by atoms with Crippen LogP contribution in [0.1, 0.15) is 37.5 Å². The minimum Gasteiger partial charge on any atom is -0.342 e. The Labute approximate surface area is 121 Å². The number of hydrogen-bond acceptors (Lipinski definition) is 3. The van der Waals surface area contributed by atoms with E-state index in [9.17, 15) is 4.79 Å². The highest BCUT2D eigenvalue weighted by Gasteiger charge is 2.17. The van der Waals surface area contributed by atoms with Gasteiger partial charge in [0.15, 0.2) is 0 Å². The average Bonchev–Trinajstić information content (AvgIpc) is 2.46. The van der Waals surface area contributed by atoms with Gasteiger partial charge in [-0.05, 0) is 51.0 Å². The fraction of sp³-hybridized carbons (Fsp3) is 0.500. The van der Waals surface area contributed by atoms with Crippen LogP contribution in [-0.4, -0.2) is 29.9 Å². The summed E-state index contributed by atoms with van der Waals surface area (Å²) in [7, 11) is 0. The Morgan fingerprint density at radius 2 is 2.05 bits per heavy atom. The number of aryl methyl sites for hydroxylation is 1. The van der Waals surface area contributed by atoms with Crippen LogP contribution in [0.15, 0.2) is 18.2 Å². The van der Waals surface area contributed by atoms with Crippen molar-refractivity contribution in [1.29, 1.82) is 5.26 Å². The summed E-state index contributed by atoms with van der Waals surface area (Å²) in [6.07, 6.45) is 0. The maximum atomic E-state index is 12.1. The molecule has 108 valence electrons. The number of rotatable bonds is 6. The Balaban J connectivity index is 2.63. The molecule has 0 radical (unpaired) electrons. The third-order valence-electron chi connectivity index (χ3n) is 3.52. The molecule has 4 nitrogen and oxygen atoms in total. The summed E-state index contributed by atoms with van der Waals surface area (Å²) in [5, 5.41) is 12.1. The quantitative estimate of drug-likeness (QED) is 0.864. The first-order valence-corrected chi connectivity index (χ1v) is 7.05. The fourth-order valence-corrected chi connectivity index (χ4v) is 2.12. The Bertz CT molecular complexity index is 501. The Morgan fingerprint density at radius 1 is 1.40 bits per heavy atom. The summed E-state index contributed by atoms with van der Waals surface area (Å²) in [4.78, 5) is 14.0. The van der Waals surface area contributed by atoms with Crippen LogP contribution in [0.3, 0.4) is 0 Å². The molecule has 0 bridgehead atoms. The summed E-state index contributed by atoms with van der Waals surface area (Å²) >= 11 is 0. The lowest BCUT2D eigenvalue weighted by atomic mass is 10.1. The summed E-state index contributed by atoms with van der Waals surface area (Å²) in [6, 6.07) is 7.54. The van der Waals surface area contributed by atoms with Crippen molar-refractivity contribution in [3.8, 4) is 6.07 Å². The monoisotopic (exact) mass is 273 g/mol. The minimum atomic E-state index is -0.204. The van der Waals surface area contributed by atoms with Crippen LogP contribution < -0.4 is 5.32 Å². The van der Waals surface area contributed by atoms with E-state index in [0.717, 1.165) is 24.2 Å². The molecule has 1 unspecified atom stereocenters. The number of benzene rings is 1. The van der Waals surface area contributed by atoms with Gasteiger partial charge in [0, 0.05) is 19.6 Å². The van der Waals surface area contributed by atoms with E-state index in [0.29, 0.717) is 12.1 Å². The van der Waals surface area contributed by atoms with Crippen molar-refractivity contribution in [2.75, 3.05) is 13.1 Å². The topological polar surface area (TPSA) is 56.1 Å². The van der Waals surface area contributed by atoms with Gasteiger partial charge in [-0.15, -0.1) is 0 Å². The summed E-state index contributed by atoms with van der Waals surface area (Å²) < 4.78 is 0. The highest BCUT2D eigenvalue weighted by atomic mass is 16.2. The predicted molar refractivity (Wildman–Crippen MR) is 80.1 cm³/mol. The molecule has 1 N–H and O–H groups in total. The summed E-state index contributed by atoms with van der Waals surface area (Å²) in [5.41, 5.74) is 2.85. The van der Waals surface area contributed by atoms with Crippen molar-refractivity contribution in [3.05, 3.63) is 34.9 Å². The third kappa shape index (κ3) is 4.07. The molecule has 0 fully saturated rings. The number of nitrogens with one attached hydrogen (secondary N) is 1. The number of carbonyl (C=O) groups excluding carboxylic acids is 1. The zero-order valence-corrected chi connectivity index (χ0v) is 12.7. The number of amides is 1. The molecule has 1 amide bonds. The standard InChI is InChI=1S/C16H23N3O/c1-5-19(6-2)16(20)13(4)18-11-15-8-7-14(10-17)9-12(15)3/h7-9,13,18H,5-6,11H2,1-4H3. The molecule has 0 saturated carbocycles. The molecule has 1 atom stereocenters. The van der Waals surface area contributed by atoms with E-state index in [2.05, 4.69) is 11.4 Å². The Morgan fingerprint density at radius 3 is 2.55 bits per heavy atom. The lowest BCUT2D eigenvalue weighted by molar-refractivity contribution is -0.132. The van der Waals surface area contributed by atoms with Crippen molar-refractivity contribution in [3.63, 3.8) is 0 Å². The van der Waals surface area contributed by atoms with E-state index in [1.807, 2.05) is 44.7 Å². The average molecular weight is 273 g/mol. The van der Waals surface area contributed by atoms with Gasteiger partial charge in [-0.2, -0.15) is 5.26 Å². The molecule has 0 aliphatic rings. The van der Waals surface area contributed by atoms with Crippen LogP contribution in [0.2, 0.25) is 0 Å². The maximum Gasteiger partial charge on any atom is 0.239 e. The van der Waals surface area contributed by atoms with Gasteiger partial charge >= 0.3 is 0 Å². The van der Waals surface area contributed by atoms with Crippen LogP contribution in [0.25, 0.3) is 0 Å². The van der Waals surface area contributed by atoms with Gasteiger partial charge in [-0.1, -0.05) is 6.07 Å². The van der Waals surface area contributed by atoms with E-state index in [-0.39, 0.29) is 11.9 Å². The fourth-order valence-electron chi connectivity index (χ4n) is 2.12. The first kappa shape index (κ1) is 16.2. The maximum absolute atomic E-state index is 12.1. The van der Waals surface area contributed by atoms with Crippen LogP contribution >= 0.6 is 0 Å². The molecule has 20 heavy (non-hydrogen) atoms. The summed E-state index contributed by atoms with van der Waals surface area (Å²) in [5.74, 6) is 0.126. The van der Waals surface area contributed by atoms with Crippen LogP contribution in [-0.2, 0) is 11.3 Å². The van der Waals surface area contributed by atoms with E-state index in [4.69, 9.17) is 5.26 Å². The number of nitrogens with zero attached hydrogens (tertiary/aromatic N) is 2. The number of likely N-dealkylation sites (N-methyl/N-ethyl adjacent to an activating group) is 1. The van der Waals surface area contributed by atoms with Crippen molar-refractivity contribution in [2.45, 2.75) is 40.3 Å². The molecule has 0 aliphatic heterocycles. The second-order valence-electron chi connectivity index (χ2n) is 4.87. The highest BCUT2D eigenvalue weighted by Crippen LogP contribution is 2.10. The highest BCUT2D eigenvalue weighted by molar-refractivity contribution is 5.81.